The predicted octanol–water partition coefficient (Wildman–Crippen LogP) is 3.88. The van der Waals surface area contributed by atoms with E-state index in [9.17, 15) is 4.79 Å². The average Bonchev–Trinajstić information content (AvgIpc) is 2.84. The van der Waals surface area contributed by atoms with Crippen LogP contribution < -0.4 is 5.48 Å². The van der Waals surface area contributed by atoms with Gasteiger partial charge in [0.25, 0.3) is 5.91 Å². The Morgan fingerprint density at radius 2 is 2.16 bits per heavy atom. The molecule has 19 heavy (non-hydrogen) atoms. The van der Waals surface area contributed by atoms with Gasteiger partial charge < -0.3 is 4.42 Å². The van der Waals surface area contributed by atoms with Gasteiger partial charge in [-0.3, -0.25) is 10.0 Å². The second kappa shape index (κ2) is 6.06. The first-order valence-electron chi connectivity index (χ1n) is 5.27. The minimum Gasteiger partial charge on any atom is -0.457 e. The molecule has 2 rings (SSSR count). The summed E-state index contributed by atoms with van der Waals surface area (Å²) in [5.74, 6) is 0.457. The van der Waals surface area contributed by atoms with E-state index in [1.807, 2.05) is 12.1 Å². The molecule has 0 radical (unpaired) electrons. The van der Waals surface area contributed by atoms with E-state index >= 15 is 0 Å². The summed E-state index contributed by atoms with van der Waals surface area (Å²) < 4.78 is 6.42. The molecule has 0 unspecified atom stereocenters. The molecule has 0 bridgehead atoms. The van der Waals surface area contributed by atoms with Gasteiger partial charge in [0.1, 0.15) is 11.5 Å². The van der Waals surface area contributed by atoms with Crippen LogP contribution in [0.1, 0.15) is 5.76 Å². The third-order valence-electron chi connectivity index (χ3n) is 2.33. The Bertz CT molecular complexity index is 637. The van der Waals surface area contributed by atoms with E-state index in [0.29, 0.717) is 16.5 Å². The Balaban J connectivity index is 2.26. The number of rotatable bonds is 3. The smallest absolute Gasteiger partial charge is 0.267 e. The molecular weight excluding hydrogens is 334 g/mol. The van der Waals surface area contributed by atoms with Crippen LogP contribution in [0.2, 0.25) is 5.02 Å². The average molecular weight is 343 g/mol. The molecule has 0 aliphatic heterocycles. The van der Waals surface area contributed by atoms with Gasteiger partial charge in [0.05, 0.1) is 5.02 Å². The number of nitrogens with one attached hydrogen (secondary N) is 1. The van der Waals surface area contributed by atoms with Crippen molar-refractivity contribution in [3.05, 3.63) is 51.7 Å². The Kier molecular flexibility index (Phi) is 4.42. The van der Waals surface area contributed by atoms with Gasteiger partial charge in [0.15, 0.2) is 0 Å². The molecule has 1 amide bonds. The summed E-state index contributed by atoms with van der Waals surface area (Å²) in [7, 11) is 0. The largest absolute Gasteiger partial charge is 0.457 e. The van der Waals surface area contributed by atoms with Crippen molar-refractivity contribution in [2.75, 3.05) is 0 Å². The molecule has 0 saturated heterocycles. The fraction of sp³-hybridized carbons (Fsp3) is 0. The van der Waals surface area contributed by atoms with Crippen molar-refractivity contribution >= 4 is 39.5 Å². The second-order valence-corrected chi connectivity index (χ2v) is 4.96. The van der Waals surface area contributed by atoms with Crippen LogP contribution in [0, 0.1) is 0 Å². The highest BCUT2D eigenvalue weighted by Gasteiger charge is 2.08. The summed E-state index contributed by atoms with van der Waals surface area (Å²) in [6.45, 7) is 0. The highest BCUT2D eigenvalue weighted by molar-refractivity contribution is 9.10. The number of hydrogen-bond acceptors (Lipinski definition) is 3. The van der Waals surface area contributed by atoms with E-state index < -0.39 is 5.91 Å². The van der Waals surface area contributed by atoms with Gasteiger partial charge in [-0.15, -0.1) is 0 Å². The van der Waals surface area contributed by atoms with Gasteiger partial charge in [0.2, 0.25) is 0 Å². The number of benzene rings is 1. The first-order valence-corrected chi connectivity index (χ1v) is 6.44. The highest BCUT2D eigenvalue weighted by Crippen LogP contribution is 2.31. The Morgan fingerprint density at radius 1 is 1.37 bits per heavy atom. The lowest BCUT2D eigenvalue weighted by molar-refractivity contribution is -0.124. The number of amides is 1. The number of hydroxylamine groups is 1. The summed E-state index contributed by atoms with van der Waals surface area (Å²) in [4.78, 5) is 10.8. The molecule has 2 N–H and O–H groups in total. The Morgan fingerprint density at radius 3 is 2.84 bits per heavy atom. The van der Waals surface area contributed by atoms with Gasteiger partial charge in [-0.05, 0) is 36.4 Å². The molecule has 0 atom stereocenters. The summed E-state index contributed by atoms with van der Waals surface area (Å²) in [5.41, 5.74) is 2.26. The van der Waals surface area contributed by atoms with Crippen LogP contribution in [0.25, 0.3) is 17.4 Å². The quantitative estimate of drug-likeness (QED) is 0.505. The van der Waals surface area contributed by atoms with Crippen molar-refractivity contribution in [2.45, 2.75) is 0 Å². The van der Waals surface area contributed by atoms with E-state index in [1.54, 1.807) is 18.2 Å². The minimum atomic E-state index is -0.625. The number of carbonyl (C=O) groups is 1. The van der Waals surface area contributed by atoms with Crippen LogP contribution in [-0.2, 0) is 4.79 Å². The Labute approximate surface area is 122 Å². The lowest BCUT2D eigenvalue weighted by Crippen LogP contribution is -2.14. The van der Waals surface area contributed by atoms with Crippen molar-refractivity contribution in [1.82, 2.24) is 5.48 Å². The summed E-state index contributed by atoms with van der Waals surface area (Å²) in [5, 5.41) is 8.92. The van der Waals surface area contributed by atoms with Crippen molar-refractivity contribution in [1.29, 1.82) is 0 Å². The molecule has 4 nitrogen and oxygen atoms in total. The fourth-order valence-corrected chi connectivity index (χ4v) is 2.24. The molecule has 0 spiro atoms. The van der Waals surface area contributed by atoms with Crippen LogP contribution in [-0.4, -0.2) is 11.1 Å². The van der Waals surface area contributed by atoms with Crippen LogP contribution in [0.15, 0.2) is 45.3 Å². The van der Waals surface area contributed by atoms with Crippen molar-refractivity contribution in [3.63, 3.8) is 0 Å². The van der Waals surface area contributed by atoms with E-state index in [4.69, 9.17) is 21.2 Å². The molecule has 1 aromatic carbocycles. The standard InChI is InChI=1S/C13H9BrClNO3/c14-8-1-4-10(11(15)7-8)12-5-2-9(19-12)3-6-13(17)16-18/h1-7,18H,(H,16,17)/b6-3+. The fourth-order valence-electron chi connectivity index (χ4n) is 1.47. The lowest BCUT2D eigenvalue weighted by atomic mass is 10.2. The second-order valence-electron chi connectivity index (χ2n) is 3.64. The van der Waals surface area contributed by atoms with E-state index in [2.05, 4.69) is 15.9 Å². The minimum absolute atomic E-state index is 0.484. The zero-order valence-corrected chi connectivity index (χ0v) is 11.9. The van der Waals surface area contributed by atoms with Gasteiger partial charge in [-0.1, -0.05) is 27.5 Å². The molecule has 2 aromatic rings. The zero-order chi connectivity index (χ0) is 13.8. The first-order chi connectivity index (χ1) is 9.10. The Hall–Kier alpha value is -1.56. The van der Waals surface area contributed by atoms with Gasteiger partial charge in [-0.25, -0.2) is 5.48 Å². The number of carbonyl (C=O) groups excluding carboxylic acids is 1. The molecule has 1 aromatic heterocycles. The number of halogens is 2. The third kappa shape index (κ3) is 3.47. The topological polar surface area (TPSA) is 62.5 Å². The molecular formula is C13H9BrClNO3. The van der Waals surface area contributed by atoms with E-state index in [-0.39, 0.29) is 0 Å². The number of furan rings is 1. The zero-order valence-electron chi connectivity index (χ0n) is 9.56. The number of hydrogen-bond donors (Lipinski definition) is 2. The molecule has 1 heterocycles. The SMILES string of the molecule is O=C(/C=C/c1ccc(-c2ccc(Br)cc2Cl)o1)NO. The van der Waals surface area contributed by atoms with Gasteiger partial charge in [-0.2, -0.15) is 0 Å². The van der Waals surface area contributed by atoms with E-state index in [1.165, 1.54) is 11.6 Å². The van der Waals surface area contributed by atoms with Gasteiger partial charge >= 0.3 is 0 Å². The van der Waals surface area contributed by atoms with Crippen LogP contribution >= 0.6 is 27.5 Å². The summed E-state index contributed by atoms with van der Waals surface area (Å²) in [6, 6.07) is 8.92. The van der Waals surface area contributed by atoms with E-state index in [0.717, 1.165) is 16.1 Å². The molecule has 0 fully saturated rings. The molecule has 0 aliphatic carbocycles. The lowest BCUT2D eigenvalue weighted by Gasteiger charge is -2.00. The maximum absolute atomic E-state index is 10.8. The van der Waals surface area contributed by atoms with Crippen molar-refractivity contribution in [2.24, 2.45) is 0 Å². The molecule has 0 saturated carbocycles. The molecule has 6 heteroatoms. The maximum atomic E-state index is 10.8. The molecule has 0 aliphatic rings. The van der Waals surface area contributed by atoms with Crippen molar-refractivity contribution in [3.8, 4) is 11.3 Å². The summed E-state index contributed by atoms with van der Waals surface area (Å²) in [6.07, 6.45) is 2.60. The van der Waals surface area contributed by atoms with Crippen LogP contribution in [0.5, 0.6) is 0 Å². The van der Waals surface area contributed by atoms with Crippen LogP contribution in [0.3, 0.4) is 0 Å². The van der Waals surface area contributed by atoms with Crippen molar-refractivity contribution < 1.29 is 14.4 Å². The van der Waals surface area contributed by atoms with Crippen LogP contribution in [0.4, 0.5) is 0 Å². The maximum Gasteiger partial charge on any atom is 0.267 e. The third-order valence-corrected chi connectivity index (χ3v) is 3.14. The summed E-state index contributed by atoms with van der Waals surface area (Å²) >= 11 is 9.45. The highest BCUT2D eigenvalue weighted by atomic mass is 79.9. The first kappa shape index (κ1) is 13.9. The normalized spacial score (nSPS) is 10.9. The monoisotopic (exact) mass is 341 g/mol. The predicted molar refractivity (Wildman–Crippen MR) is 75.8 cm³/mol. The van der Waals surface area contributed by atoms with Gasteiger partial charge in [0, 0.05) is 16.1 Å². The molecule has 98 valence electrons.